The summed E-state index contributed by atoms with van der Waals surface area (Å²) in [5.41, 5.74) is 0.417. The Morgan fingerprint density at radius 1 is 1.37 bits per heavy atom. The number of nitrogens with one attached hydrogen (secondary N) is 2. The summed E-state index contributed by atoms with van der Waals surface area (Å²) in [6.45, 7) is 2.07. The summed E-state index contributed by atoms with van der Waals surface area (Å²) >= 11 is 5.73. The third-order valence-corrected chi connectivity index (χ3v) is 3.60. The molecule has 5 heteroatoms. The smallest absolute Gasteiger partial charge is 0.224 e. The van der Waals surface area contributed by atoms with E-state index in [4.69, 9.17) is 11.6 Å². The number of benzene rings is 1. The molecule has 0 radical (unpaired) electrons. The zero-order valence-corrected chi connectivity index (χ0v) is 11.5. The van der Waals surface area contributed by atoms with Crippen LogP contribution in [0.1, 0.15) is 25.7 Å². The number of piperidine rings is 1. The molecule has 2 rings (SSSR count). The standard InChI is InChI=1S/C14H18ClFN2O/c15-11-7-12(16)9-13(8-11)18-14(19)2-1-10-3-5-17-6-4-10/h7-10,17H,1-6H2,(H,18,19). The molecule has 0 aromatic heterocycles. The third kappa shape index (κ3) is 4.80. The van der Waals surface area contributed by atoms with Gasteiger partial charge in [0.1, 0.15) is 5.82 Å². The van der Waals surface area contributed by atoms with Gasteiger partial charge in [-0.05, 0) is 56.5 Å². The first-order valence-electron chi connectivity index (χ1n) is 6.60. The molecule has 1 fully saturated rings. The van der Waals surface area contributed by atoms with E-state index in [1.54, 1.807) is 6.07 Å². The lowest BCUT2D eigenvalue weighted by Gasteiger charge is -2.22. The number of carbonyl (C=O) groups excluding carboxylic acids is 1. The Hall–Kier alpha value is -1.13. The van der Waals surface area contributed by atoms with Crippen LogP contribution in [0.2, 0.25) is 5.02 Å². The minimum absolute atomic E-state index is 0.0831. The Balaban J connectivity index is 1.80. The highest BCUT2D eigenvalue weighted by molar-refractivity contribution is 6.30. The number of amides is 1. The molecular weight excluding hydrogens is 267 g/mol. The Bertz CT molecular complexity index is 427. The monoisotopic (exact) mass is 284 g/mol. The van der Waals surface area contributed by atoms with Crippen LogP contribution in [0, 0.1) is 11.7 Å². The van der Waals surface area contributed by atoms with Crippen LogP contribution in [0.25, 0.3) is 0 Å². The largest absolute Gasteiger partial charge is 0.326 e. The SMILES string of the molecule is O=C(CCC1CCNCC1)Nc1cc(F)cc(Cl)c1. The molecular formula is C14H18ClFN2O. The molecule has 1 aromatic carbocycles. The summed E-state index contributed by atoms with van der Waals surface area (Å²) in [5, 5.41) is 6.27. The van der Waals surface area contributed by atoms with Crippen LogP contribution >= 0.6 is 11.6 Å². The van der Waals surface area contributed by atoms with Crippen LogP contribution < -0.4 is 10.6 Å². The zero-order valence-electron chi connectivity index (χ0n) is 10.7. The van der Waals surface area contributed by atoms with Gasteiger partial charge in [-0.25, -0.2) is 4.39 Å². The van der Waals surface area contributed by atoms with Gasteiger partial charge in [0, 0.05) is 17.1 Å². The van der Waals surface area contributed by atoms with Gasteiger partial charge in [-0.3, -0.25) is 4.79 Å². The molecule has 1 aliphatic heterocycles. The van der Waals surface area contributed by atoms with Gasteiger partial charge in [-0.15, -0.1) is 0 Å². The van der Waals surface area contributed by atoms with Crippen LogP contribution in [0.5, 0.6) is 0 Å². The van der Waals surface area contributed by atoms with Crippen molar-refractivity contribution in [2.45, 2.75) is 25.7 Å². The first kappa shape index (κ1) is 14.3. The number of anilines is 1. The van der Waals surface area contributed by atoms with E-state index in [-0.39, 0.29) is 10.9 Å². The van der Waals surface area contributed by atoms with Crippen LogP contribution in [-0.2, 0) is 4.79 Å². The third-order valence-electron chi connectivity index (χ3n) is 3.38. The topological polar surface area (TPSA) is 41.1 Å². The van der Waals surface area contributed by atoms with Crippen LogP contribution in [-0.4, -0.2) is 19.0 Å². The molecule has 19 heavy (non-hydrogen) atoms. The van der Waals surface area contributed by atoms with E-state index in [1.807, 2.05) is 0 Å². The molecule has 0 spiro atoms. The quantitative estimate of drug-likeness (QED) is 0.891. The van der Waals surface area contributed by atoms with Gasteiger partial charge >= 0.3 is 0 Å². The first-order chi connectivity index (χ1) is 9.13. The minimum atomic E-state index is -0.443. The second kappa shape index (κ2) is 6.87. The molecule has 0 unspecified atom stereocenters. The van der Waals surface area contributed by atoms with Crippen molar-refractivity contribution in [3.05, 3.63) is 29.0 Å². The maximum atomic E-state index is 13.1. The van der Waals surface area contributed by atoms with E-state index in [0.717, 1.165) is 32.4 Å². The van der Waals surface area contributed by atoms with E-state index in [0.29, 0.717) is 18.0 Å². The molecule has 1 aromatic rings. The van der Waals surface area contributed by atoms with Crippen molar-refractivity contribution in [3.8, 4) is 0 Å². The highest BCUT2D eigenvalue weighted by atomic mass is 35.5. The van der Waals surface area contributed by atoms with Crippen LogP contribution in [0.4, 0.5) is 10.1 Å². The van der Waals surface area contributed by atoms with Crippen LogP contribution in [0.3, 0.4) is 0 Å². The predicted octanol–water partition coefficient (Wildman–Crippen LogP) is 3.20. The molecule has 0 bridgehead atoms. The van der Waals surface area contributed by atoms with E-state index in [1.165, 1.54) is 12.1 Å². The second-order valence-corrected chi connectivity index (χ2v) is 5.37. The summed E-state index contributed by atoms with van der Waals surface area (Å²) < 4.78 is 13.1. The lowest BCUT2D eigenvalue weighted by molar-refractivity contribution is -0.116. The molecule has 1 heterocycles. The maximum Gasteiger partial charge on any atom is 0.224 e. The molecule has 0 aliphatic carbocycles. The highest BCUT2D eigenvalue weighted by Gasteiger charge is 2.14. The molecule has 3 nitrogen and oxygen atoms in total. The Kier molecular flexibility index (Phi) is 5.16. The van der Waals surface area contributed by atoms with Gasteiger partial charge in [0.2, 0.25) is 5.91 Å². The van der Waals surface area contributed by atoms with Gasteiger partial charge in [0.05, 0.1) is 0 Å². The van der Waals surface area contributed by atoms with Crippen molar-refractivity contribution in [3.63, 3.8) is 0 Å². The van der Waals surface area contributed by atoms with Gasteiger partial charge in [0.25, 0.3) is 0 Å². The summed E-state index contributed by atoms with van der Waals surface area (Å²) in [7, 11) is 0. The molecule has 104 valence electrons. The summed E-state index contributed by atoms with van der Waals surface area (Å²) in [5.74, 6) is 0.0875. The molecule has 1 aliphatic rings. The number of halogens is 2. The average molecular weight is 285 g/mol. The first-order valence-corrected chi connectivity index (χ1v) is 6.98. The van der Waals surface area contributed by atoms with E-state index in [9.17, 15) is 9.18 Å². The zero-order chi connectivity index (χ0) is 13.7. The molecule has 0 saturated carbocycles. The Labute approximate surface area is 117 Å². The molecule has 0 atom stereocenters. The Morgan fingerprint density at radius 3 is 2.79 bits per heavy atom. The van der Waals surface area contributed by atoms with Gasteiger partial charge in [0.15, 0.2) is 0 Å². The maximum absolute atomic E-state index is 13.1. The van der Waals surface area contributed by atoms with Gasteiger partial charge in [-0.2, -0.15) is 0 Å². The average Bonchev–Trinajstić information content (AvgIpc) is 2.36. The highest BCUT2D eigenvalue weighted by Crippen LogP contribution is 2.20. The van der Waals surface area contributed by atoms with Crippen molar-refractivity contribution in [1.82, 2.24) is 5.32 Å². The molecule has 2 N–H and O–H groups in total. The predicted molar refractivity (Wildman–Crippen MR) is 74.9 cm³/mol. The summed E-state index contributed by atoms with van der Waals surface area (Å²) in [6.07, 6.45) is 3.60. The molecule has 1 amide bonds. The van der Waals surface area contributed by atoms with E-state index >= 15 is 0 Å². The van der Waals surface area contributed by atoms with Gasteiger partial charge < -0.3 is 10.6 Å². The van der Waals surface area contributed by atoms with Crippen molar-refractivity contribution in [2.24, 2.45) is 5.92 Å². The normalized spacial score (nSPS) is 16.3. The lowest BCUT2D eigenvalue weighted by atomic mass is 9.93. The van der Waals surface area contributed by atoms with Crippen molar-refractivity contribution < 1.29 is 9.18 Å². The number of hydrogen-bond donors (Lipinski definition) is 2. The van der Waals surface area contributed by atoms with Crippen molar-refractivity contribution >= 4 is 23.2 Å². The van der Waals surface area contributed by atoms with Crippen molar-refractivity contribution in [1.29, 1.82) is 0 Å². The fourth-order valence-corrected chi connectivity index (χ4v) is 2.58. The summed E-state index contributed by atoms with van der Waals surface area (Å²) in [6, 6.07) is 4.04. The molecule has 1 saturated heterocycles. The van der Waals surface area contributed by atoms with Crippen LogP contribution in [0.15, 0.2) is 18.2 Å². The van der Waals surface area contributed by atoms with Gasteiger partial charge in [-0.1, -0.05) is 11.6 Å². The summed E-state index contributed by atoms with van der Waals surface area (Å²) in [4.78, 5) is 11.8. The second-order valence-electron chi connectivity index (χ2n) is 4.94. The fourth-order valence-electron chi connectivity index (χ4n) is 2.36. The lowest BCUT2D eigenvalue weighted by Crippen LogP contribution is -2.28. The number of carbonyl (C=O) groups is 1. The number of rotatable bonds is 4. The van der Waals surface area contributed by atoms with E-state index < -0.39 is 5.82 Å². The minimum Gasteiger partial charge on any atom is -0.326 e. The van der Waals surface area contributed by atoms with Crippen molar-refractivity contribution in [2.75, 3.05) is 18.4 Å². The van der Waals surface area contributed by atoms with E-state index in [2.05, 4.69) is 10.6 Å². The number of hydrogen-bond acceptors (Lipinski definition) is 2. The fraction of sp³-hybridized carbons (Fsp3) is 0.500. The Morgan fingerprint density at radius 2 is 2.11 bits per heavy atom.